The number of hydrogen-bond donors (Lipinski definition) is 2. The van der Waals surface area contributed by atoms with E-state index in [1.54, 1.807) is 19.1 Å². The number of benzene rings is 2. The molecule has 2 N–H and O–H groups in total. The molecule has 3 rings (SSSR count). The fourth-order valence-corrected chi connectivity index (χ4v) is 2.42. The van der Waals surface area contributed by atoms with Crippen molar-refractivity contribution in [1.29, 1.82) is 0 Å². The molecule has 0 unspecified atom stereocenters. The minimum absolute atomic E-state index is 0.0151. The molecule has 6 nitrogen and oxygen atoms in total. The summed E-state index contributed by atoms with van der Waals surface area (Å²) in [7, 11) is 0. The molecule has 128 valence electrons. The summed E-state index contributed by atoms with van der Waals surface area (Å²) >= 11 is 0. The molecule has 1 saturated heterocycles. The highest BCUT2D eigenvalue weighted by Crippen LogP contribution is 2.28. The predicted octanol–water partition coefficient (Wildman–Crippen LogP) is 3.03. The van der Waals surface area contributed by atoms with Crippen LogP contribution in [0, 0.1) is 5.82 Å². The highest BCUT2D eigenvalue weighted by atomic mass is 19.1. The first kappa shape index (κ1) is 16.5. The number of hydrogen-bond acceptors (Lipinski definition) is 4. The van der Waals surface area contributed by atoms with E-state index >= 15 is 0 Å². The Bertz CT molecular complexity index is 862. The zero-order valence-electron chi connectivity index (χ0n) is 13.3. The summed E-state index contributed by atoms with van der Waals surface area (Å²) in [4.78, 5) is 25.5. The van der Waals surface area contributed by atoms with Crippen LogP contribution in [-0.4, -0.2) is 23.7 Å². The SMILES string of the molecule is CCOc1cc(C=C2NC(=O)N(c3ccc(F)cc3)C2=O)ccc1O. The average molecular weight is 342 g/mol. The molecule has 25 heavy (non-hydrogen) atoms. The molecule has 0 bridgehead atoms. The van der Waals surface area contributed by atoms with Gasteiger partial charge in [0.15, 0.2) is 11.5 Å². The fraction of sp³-hybridized carbons (Fsp3) is 0.111. The molecule has 7 heteroatoms. The van der Waals surface area contributed by atoms with Crippen LogP contribution in [0.1, 0.15) is 12.5 Å². The molecule has 1 fully saturated rings. The van der Waals surface area contributed by atoms with Crippen molar-refractivity contribution in [2.75, 3.05) is 11.5 Å². The lowest BCUT2D eigenvalue weighted by Crippen LogP contribution is -2.30. The van der Waals surface area contributed by atoms with E-state index in [9.17, 15) is 19.1 Å². The van der Waals surface area contributed by atoms with Gasteiger partial charge in [-0.25, -0.2) is 14.1 Å². The zero-order valence-corrected chi connectivity index (χ0v) is 13.3. The van der Waals surface area contributed by atoms with Crippen LogP contribution in [0.5, 0.6) is 11.5 Å². The molecule has 1 heterocycles. The van der Waals surface area contributed by atoms with E-state index in [-0.39, 0.29) is 22.9 Å². The van der Waals surface area contributed by atoms with E-state index in [2.05, 4.69) is 5.32 Å². The van der Waals surface area contributed by atoms with E-state index in [0.29, 0.717) is 12.2 Å². The number of rotatable bonds is 4. The van der Waals surface area contributed by atoms with Gasteiger partial charge in [0.1, 0.15) is 11.5 Å². The Morgan fingerprint density at radius 3 is 2.60 bits per heavy atom. The zero-order chi connectivity index (χ0) is 18.0. The third kappa shape index (κ3) is 3.30. The van der Waals surface area contributed by atoms with Gasteiger partial charge in [0.05, 0.1) is 12.3 Å². The molecule has 1 aliphatic rings. The number of nitrogens with zero attached hydrogens (tertiary/aromatic N) is 1. The highest BCUT2D eigenvalue weighted by Gasteiger charge is 2.34. The second kappa shape index (κ2) is 6.64. The molecular weight excluding hydrogens is 327 g/mol. The molecule has 2 aromatic rings. The van der Waals surface area contributed by atoms with Gasteiger partial charge >= 0.3 is 6.03 Å². The van der Waals surface area contributed by atoms with Gasteiger partial charge in [-0.2, -0.15) is 0 Å². The summed E-state index contributed by atoms with van der Waals surface area (Å²) in [5.41, 5.74) is 0.918. The molecule has 0 saturated carbocycles. The maximum absolute atomic E-state index is 13.0. The summed E-state index contributed by atoms with van der Waals surface area (Å²) in [6.45, 7) is 2.16. The van der Waals surface area contributed by atoms with Crippen molar-refractivity contribution in [3.63, 3.8) is 0 Å². The van der Waals surface area contributed by atoms with Gasteiger partial charge < -0.3 is 15.2 Å². The molecule has 0 aliphatic carbocycles. The minimum Gasteiger partial charge on any atom is -0.504 e. The second-order valence-corrected chi connectivity index (χ2v) is 5.27. The molecule has 2 aromatic carbocycles. The topological polar surface area (TPSA) is 78.9 Å². The number of anilines is 1. The number of nitrogens with one attached hydrogen (secondary N) is 1. The number of carbonyl (C=O) groups excluding carboxylic acids is 2. The number of ether oxygens (including phenoxy) is 1. The van der Waals surface area contributed by atoms with Gasteiger partial charge in [-0.05, 0) is 55.0 Å². The van der Waals surface area contributed by atoms with Crippen LogP contribution in [0.25, 0.3) is 6.08 Å². The Morgan fingerprint density at radius 2 is 1.92 bits per heavy atom. The summed E-state index contributed by atoms with van der Waals surface area (Å²) in [6.07, 6.45) is 1.48. The third-order valence-electron chi connectivity index (χ3n) is 3.56. The van der Waals surface area contributed by atoms with Crippen molar-refractivity contribution in [2.24, 2.45) is 0 Å². The Labute approximate surface area is 143 Å². The van der Waals surface area contributed by atoms with Crippen LogP contribution >= 0.6 is 0 Å². The number of phenols is 1. The molecule has 0 atom stereocenters. The number of phenolic OH excluding ortho intramolecular Hbond substituents is 1. The number of halogens is 1. The van der Waals surface area contributed by atoms with Crippen molar-refractivity contribution >= 4 is 23.7 Å². The largest absolute Gasteiger partial charge is 0.504 e. The third-order valence-corrected chi connectivity index (χ3v) is 3.56. The average Bonchev–Trinajstić information content (AvgIpc) is 2.86. The number of imide groups is 1. The van der Waals surface area contributed by atoms with Crippen molar-refractivity contribution in [3.8, 4) is 11.5 Å². The Balaban J connectivity index is 1.90. The predicted molar refractivity (Wildman–Crippen MR) is 89.7 cm³/mol. The van der Waals surface area contributed by atoms with Gasteiger partial charge in [-0.3, -0.25) is 4.79 Å². The maximum Gasteiger partial charge on any atom is 0.333 e. The molecule has 3 amide bonds. The van der Waals surface area contributed by atoms with Crippen molar-refractivity contribution < 1.29 is 23.8 Å². The lowest BCUT2D eigenvalue weighted by atomic mass is 10.1. The van der Waals surface area contributed by atoms with Gasteiger partial charge in [-0.1, -0.05) is 6.07 Å². The summed E-state index contributed by atoms with van der Waals surface area (Å²) in [5.74, 6) is -0.746. The molecular formula is C18H15FN2O4. The van der Waals surface area contributed by atoms with E-state index in [0.717, 1.165) is 4.90 Å². The summed E-state index contributed by atoms with van der Waals surface area (Å²) in [5, 5.41) is 12.2. The first-order valence-electron chi connectivity index (χ1n) is 7.58. The first-order valence-corrected chi connectivity index (χ1v) is 7.58. The second-order valence-electron chi connectivity index (χ2n) is 5.27. The monoisotopic (exact) mass is 342 g/mol. The van der Waals surface area contributed by atoms with Crippen molar-refractivity contribution in [1.82, 2.24) is 5.32 Å². The number of carbonyl (C=O) groups is 2. The lowest BCUT2D eigenvalue weighted by Gasteiger charge is -2.11. The van der Waals surface area contributed by atoms with Crippen LogP contribution in [0.15, 0.2) is 48.2 Å². The molecule has 1 aliphatic heterocycles. The number of amides is 3. The fourth-order valence-electron chi connectivity index (χ4n) is 2.42. The minimum atomic E-state index is -0.619. The Morgan fingerprint density at radius 1 is 1.20 bits per heavy atom. The van der Waals surface area contributed by atoms with Crippen LogP contribution in [0.2, 0.25) is 0 Å². The highest BCUT2D eigenvalue weighted by molar-refractivity contribution is 6.28. The first-order chi connectivity index (χ1) is 12.0. The number of aromatic hydroxyl groups is 1. The quantitative estimate of drug-likeness (QED) is 0.661. The summed E-state index contributed by atoms with van der Waals surface area (Å²) < 4.78 is 18.3. The van der Waals surface area contributed by atoms with E-state index < -0.39 is 17.8 Å². The Hall–Kier alpha value is -3.35. The van der Waals surface area contributed by atoms with Gasteiger partial charge in [0.2, 0.25) is 0 Å². The van der Waals surface area contributed by atoms with E-state index in [1.165, 1.54) is 36.4 Å². The van der Waals surface area contributed by atoms with E-state index in [4.69, 9.17) is 4.74 Å². The molecule has 0 aromatic heterocycles. The molecule has 0 spiro atoms. The van der Waals surface area contributed by atoms with Crippen LogP contribution < -0.4 is 15.0 Å². The standard InChI is InChI=1S/C18H15FN2O4/c1-2-25-16-10-11(3-8-15(16)22)9-14-17(23)21(18(24)20-14)13-6-4-12(19)5-7-13/h3-10,22H,2H2,1H3,(H,20,24). The smallest absolute Gasteiger partial charge is 0.333 e. The van der Waals surface area contributed by atoms with Crippen molar-refractivity contribution in [3.05, 3.63) is 59.5 Å². The van der Waals surface area contributed by atoms with Gasteiger partial charge in [-0.15, -0.1) is 0 Å². The summed E-state index contributed by atoms with van der Waals surface area (Å²) in [6, 6.07) is 9.02. The maximum atomic E-state index is 13.0. The normalized spacial score (nSPS) is 15.6. The van der Waals surface area contributed by atoms with E-state index in [1.807, 2.05) is 0 Å². The van der Waals surface area contributed by atoms with Crippen LogP contribution in [-0.2, 0) is 4.79 Å². The number of urea groups is 1. The van der Waals surface area contributed by atoms with Crippen molar-refractivity contribution in [2.45, 2.75) is 6.92 Å². The van der Waals surface area contributed by atoms with Crippen LogP contribution in [0.3, 0.4) is 0 Å². The van der Waals surface area contributed by atoms with Gasteiger partial charge in [0, 0.05) is 0 Å². The van der Waals surface area contributed by atoms with Crippen LogP contribution in [0.4, 0.5) is 14.9 Å². The lowest BCUT2D eigenvalue weighted by molar-refractivity contribution is -0.113. The Kier molecular flexibility index (Phi) is 4.38. The van der Waals surface area contributed by atoms with Gasteiger partial charge in [0.25, 0.3) is 5.91 Å². The molecule has 0 radical (unpaired) electrons.